The molecular weight excluding hydrogens is 268 g/mol. The number of aliphatic hydroxyl groups excluding tert-OH is 1. The first-order valence-corrected chi connectivity index (χ1v) is 6.35. The SMILES string of the molecule is CC1CCN(c2ccc(Br)cc2N)C1CO. The first-order chi connectivity index (χ1) is 7.63. The second-order valence-corrected chi connectivity index (χ2v) is 5.33. The number of anilines is 2. The third kappa shape index (κ3) is 2.04. The summed E-state index contributed by atoms with van der Waals surface area (Å²) in [5.41, 5.74) is 7.81. The maximum absolute atomic E-state index is 9.42. The molecule has 1 saturated heterocycles. The summed E-state index contributed by atoms with van der Waals surface area (Å²) in [7, 11) is 0. The molecule has 1 aromatic rings. The van der Waals surface area contributed by atoms with Gasteiger partial charge in [0.2, 0.25) is 0 Å². The summed E-state index contributed by atoms with van der Waals surface area (Å²) >= 11 is 3.40. The van der Waals surface area contributed by atoms with Gasteiger partial charge in [-0.2, -0.15) is 0 Å². The highest BCUT2D eigenvalue weighted by Gasteiger charge is 2.31. The average Bonchev–Trinajstić information content (AvgIpc) is 2.59. The first-order valence-electron chi connectivity index (χ1n) is 5.56. The summed E-state index contributed by atoms with van der Waals surface area (Å²) in [6.45, 7) is 3.34. The van der Waals surface area contributed by atoms with Gasteiger partial charge in [-0.15, -0.1) is 0 Å². The molecule has 3 N–H and O–H groups in total. The molecule has 2 atom stereocenters. The van der Waals surface area contributed by atoms with Crippen molar-refractivity contribution in [3.63, 3.8) is 0 Å². The molecule has 0 bridgehead atoms. The third-order valence-corrected chi connectivity index (χ3v) is 3.86. The van der Waals surface area contributed by atoms with Crippen LogP contribution in [0.2, 0.25) is 0 Å². The number of rotatable bonds is 2. The molecule has 1 aliphatic heterocycles. The van der Waals surface area contributed by atoms with E-state index >= 15 is 0 Å². The normalized spacial score (nSPS) is 25.1. The maximum Gasteiger partial charge on any atom is 0.0637 e. The average molecular weight is 285 g/mol. The van der Waals surface area contributed by atoms with Crippen LogP contribution in [0, 0.1) is 5.92 Å². The molecule has 4 heteroatoms. The van der Waals surface area contributed by atoms with Crippen LogP contribution >= 0.6 is 15.9 Å². The quantitative estimate of drug-likeness (QED) is 0.819. The fourth-order valence-electron chi connectivity index (χ4n) is 2.37. The smallest absolute Gasteiger partial charge is 0.0637 e. The lowest BCUT2D eigenvalue weighted by Crippen LogP contribution is -2.35. The lowest BCUT2D eigenvalue weighted by molar-refractivity contribution is 0.245. The van der Waals surface area contributed by atoms with Gasteiger partial charge in [-0.1, -0.05) is 22.9 Å². The first kappa shape index (κ1) is 11.7. The van der Waals surface area contributed by atoms with Crippen molar-refractivity contribution in [2.24, 2.45) is 5.92 Å². The molecule has 0 aromatic heterocycles. The minimum atomic E-state index is 0.191. The Morgan fingerprint density at radius 1 is 1.56 bits per heavy atom. The van der Waals surface area contributed by atoms with Crippen molar-refractivity contribution < 1.29 is 5.11 Å². The van der Waals surface area contributed by atoms with Crippen molar-refractivity contribution >= 4 is 27.3 Å². The van der Waals surface area contributed by atoms with Gasteiger partial charge in [0.15, 0.2) is 0 Å². The van der Waals surface area contributed by atoms with Crippen LogP contribution in [0.3, 0.4) is 0 Å². The molecule has 88 valence electrons. The molecule has 1 aliphatic rings. The zero-order valence-electron chi connectivity index (χ0n) is 9.36. The van der Waals surface area contributed by atoms with Crippen molar-refractivity contribution in [3.8, 4) is 0 Å². The van der Waals surface area contributed by atoms with E-state index in [-0.39, 0.29) is 12.6 Å². The van der Waals surface area contributed by atoms with Crippen LogP contribution in [0.25, 0.3) is 0 Å². The summed E-state index contributed by atoms with van der Waals surface area (Å²) in [5.74, 6) is 0.521. The van der Waals surface area contributed by atoms with Crippen LogP contribution in [-0.2, 0) is 0 Å². The van der Waals surface area contributed by atoms with Crippen LogP contribution in [0.5, 0.6) is 0 Å². The number of halogens is 1. The Morgan fingerprint density at radius 2 is 2.31 bits per heavy atom. The van der Waals surface area contributed by atoms with E-state index in [1.54, 1.807) is 0 Å². The van der Waals surface area contributed by atoms with Gasteiger partial charge in [0.25, 0.3) is 0 Å². The molecular formula is C12H17BrN2O. The van der Waals surface area contributed by atoms with E-state index in [1.165, 1.54) is 0 Å². The Kier molecular flexibility index (Phi) is 3.40. The van der Waals surface area contributed by atoms with E-state index in [1.807, 2.05) is 18.2 Å². The number of hydrogen-bond donors (Lipinski definition) is 2. The van der Waals surface area contributed by atoms with Gasteiger partial charge in [-0.3, -0.25) is 0 Å². The maximum atomic E-state index is 9.42. The lowest BCUT2D eigenvalue weighted by atomic mass is 10.0. The van der Waals surface area contributed by atoms with Crippen molar-refractivity contribution in [2.75, 3.05) is 23.8 Å². The highest BCUT2D eigenvalue weighted by molar-refractivity contribution is 9.10. The molecule has 1 fully saturated rings. The number of benzene rings is 1. The second kappa shape index (κ2) is 4.63. The molecule has 0 spiro atoms. The number of aliphatic hydroxyl groups is 1. The summed E-state index contributed by atoms with van der Waals surface area (Å²) in [6.07, 6.45) is 1.11. The van der Waals surface area contributed by atoms with Crippen molar-refractivity contribution in [3.05, 3.63) is 22.7 Å². The van der Waals surface area contributed by atoms with E-state index in [2.05, 4.69) is 27.8 Å². The Hall–Kier alpha value is -0.740. The monoisotopic (exact) mass is 284 g/mol. The minimum absolute atomic E-state index is 0.191. The summed E-state index contributed by atoms with van der Waals surface area (Å²) < 4.78 is 0.988. The van der Waals surface area contributed by atoms with Gasteiger partial charge >= 0.3 is 0 Å². The summed E-state index contributed by atoms with van der Waals surface area (Å²) in [5, 5.41) is 9.42. The second-order valence-electron chi connectivity index (χ2n) is 4.41. The summed E-state index contributed by atoms with van der Waals surface area (Å²) in [4.78, 5) is 2.21. The van der Waals surface area contributed by atoms with E-state index < -0.39 is 0 Å². The summed E-state index contributed by atoms with van der Waals surface area (Å²) in [6, 6.07) is 6.11. The van der Waals surface area contributed by atoms with E-state index in [0.29, 0.717) is 5.92 Å². The van der Waals surface area contributed by atoms with Crippen LogP contribution in [-0.4, -0.2) is 24.3 Å². The molecule has 2 rings (SSSR count). The molecule has 2 unspecified atom stereocenters. The zero-order valence-corrected chi connectivity index (χ0v) is 10.9. The van der Waals surface area contributed by atoms with Gasteiger partial charge in [-0.05, 0) is 30.5 Å². The van der Waals surface area contributed by atoms with Gasteiger partial charge in [0.1, 0.15) is 0 Å². The Morgan fingerprint density at radius 3 is 2.94 bits per heavy atom. The molecule has 0 aliphatic carbocycles. The van der Waals surface area contributed by atoms with Crippen molar-refractivity contribution in [1.29, 1.82) is 0 Å². The van der Waals surface area contributed by atoms with Gasteiger partial charge in [0, 0.05) is 11.0 Å². The molecule has 1 aromatic carbocycles. The standard InChI is InChI=1S/C12H17BrN2O/c1-8-4-5-15(12(8)7-16)11-3-2-9(13)6-10(11)14/h2-3,6,8,12,16H,4-5,7,14H2,1H3. The number of hydrogen-bond acceptors (Lipinski definition) is 3. The number of nitrogens with two attached hydrogens (primary N) is 1. The van der Waals surface area contributed by atoms with Crippen LogP contribution in [0.15, 0.2) is 22.7 Å². The highest BCUT2D eigenvalue weighted by atomic mass is 79.9. The van der Waals surface area contributed by atoms with Crippen molar-refractivity contribution in [1.82, 2.24) is 0 Å². The Balaban J connectivity index is 2.30. The molecule has 0 saturated carbocycles. The Labute approximate surface area is 104 Å². The van der Waals surface area contributed by atoms with Crippen LogP contribution < -0.4 is 10.6 Å². The van der Waals surface area contributed by atoms with Crippen LogP contribution in [0.4, 0.5) is 11.4 Å². The highest BCUT2D eigenvalue weighted by Crippen LogP contribution is 2.34. The third-order valence-electron chi connectivity index (χ3n) is 3.37. The molecule has 16 heavy (non-hydrogen) atoms. The van der Waals surface area contributed by atoms with Gasteiger partial charge in [0.05, 0.1) is 24.0 Å². The Bertz CT molecular complexity index is 383. The van der Waals surface area contributed by atoms with E-state index in [0.717, 1.165) is 28.8 Å². The number of nitrogens with zero attached hydrogens (tertiary/aromatic N) is 1. The topological polar surface area (TPSA) is 49.5 Å². The van der Waals surface area contributed by atoms with Gasteiger partial charge in [-0.25, -0.2) is 0 Å². The zero-order chi connectivity index (χ0) is 11.7. The lowest BCUT2D eigenvalue weighted by Gasteiger charge is -2.28. The van der Waals surface area contributed by atoms with Crippen molar-refractivity contribution in [2.45, 2.75) is 19.4 Å². The predicted molar refractivity (Wildman–Crippen MR) is 70.6 cm³/mol. The van der Waals surface area contributed by atoms with E-state index in [9.17, 15) is 5.11 Å². The molecule has 0 amide bonds. The molecule has 3 nitrogen and oxygen atoms in total. The minimum Gasteiger partial charge on any atom is -0.397 e. The predicted octanol–water partition coefficient (Wildman–Crippen LogP) is 2.24. The van der Waals surface area contributed by atoms with Crippen LogP contribution in [0.1, 0.15) is 13.3 Å². The number of nitrogen functional groups attached to an aromatic ring is 1. The molecule has 0 radical (unpaired) electrons. The fraction of sp³-hybridized carbons (Fsp3) is 0.500. The molecule has 1 heterocycles. The van der Waals surface area contributed by atoms with Gasteiger partial charge < -0.3 is 15.7 Å². The largest absolute Gasteiger partial charge is 0.397 e. The van der Waals surface area contributed by atoms with E-state index in [4.69, 9.17) is 5.73 Å². The fourth-order valence-corrected chi connectivity index (χ4v) is 2.75.